The number of carbonyl (C=O) groups is 1. The van der Waals surface area contributed by atoms with Crippen LogP contribution in [0.25, 0.3) is 0 Å². The maximum Gasteiger partial charge on any atom is 0.237 e. The van der Waals surface area contributed by atoms with Crippen molar-refractivity contribution in [2.45, 2.75) is 32.7 Å². The van der Waals surface area contributed by atoms with Gasteiger partial charge in [0.25, 0.3) is 0 Å². The maximum absolute atomic E-state index is 12.1. The zero-order chi connectivity index (χ0) is 14.3. The molecule has 5 heteroatoms. The molecule has 1 saturated heterocycles. The van der Waals surface area contributed by atoms with E-state index in [1.54, 1.807) is 0 Å². The number of nitrogens with zero attached hydrogens (tertiary/aromatic N) is 1. The third-order valence-corrected chi connectivity index (χ3v) is 3.62. The highest BCUT2D eigenvalue weighted by atomic mass is 16.5. The first-order valence-electron chi connectivity index (χ1n) is 7.17. The molecule has 0 aromatic rings. The van der Waals surface area contributed by atoms with Gasteiger partial charge in [-0.15, -0.1) is 0 Å². The minimum absolute atomic E-state index is 0.0358. The molecule has 2 N–H and O–H groups in total. The van der Waals surface area contributed by atoms with E-state index in [1.807, 2.05) is 14.1 Å². The first-order valence-corrected chi connectivity index (χ1v) is 7.17. The van der Waals surface area contributed by atoms with Gasteiger partial charge in [-0.1, -0.05) is 13.8 Å². The second kappa shape index (κ2) is 7.82. The Kier molecular flexibility index (Phi) is 6.75. The fourth-order valence-electron chi connectivity index (χ4n) is 2.36. The summed E-state index contributed by atoms with van der Waals surface area (Å²) in [6.07, 6.45) is 2.24. The summed E-state index contributed by atoms with van der Waals surface area (Å²) in [5.41, 5.74) is 0.0358. The molecule has 1 aliphatic heterocycles. The van der Waals surface area contributed by atoms with Gasteiger partial charge in [-0.25, -0.2) is 0 Å². The van der Waals surface area contributed by atoms with Gasteiger partial charge < -0.3 is 20.3 Å². The fourth-order valence-corrected chi connectivity index (χ4v) is 2.36. The van der Waals surface area contributed by atoms with E-state index in [0.29, 0.717) is 19.8 Å². The molecule has 19 heavy (non-hydrogen) atoms. The Morgan fingerprint density at radius 2 is 2.16 bits per heavy atom. The molecule has 1 aliphatic rings. The Morgan fingerprint density at radius 1 is 1.42 bits per heavy atom. The third-order valence-electron chi connectivity index (χ3n) is 3.62. The van der Waals surface area contributed by atoms with Crippen molar-refractivity contribution in [2.24, 2.45) is 5.41 Å². The summed E-state index contributed by atoms with van der Waals surface area (Å²) in [5.74, 6) is 0.0981. The number of nitrogens with one attached hydrogen (secondary N) is 2. The summed E-state index contributed by atoms with van der Waals surface area (Å²) in [7, 11) is 4.03. The standard InChI is InChI=1S/C14H29N3O2/c1-14(2)6-5-7-15-12(14)13(18)16-8-10-19-11-9-17(3)4/h12,15H,5-11H2,1-4H3,(H,16,18). The highest BCUT2D eigenvalue weighted by Crippen LogP contribution is 2.29. The monoisotopic (exact) mass is 271 g/mol. The van der Waals surface area contributed by atoms with Crippen LogP contribution in [-0.2, 0) is 9.53 Å². The van der Waals surface area contributed by atoms with Crippen LogP contribution in [0.15, 0.2) is 0 Å². The van der Waals surface area contributed by atoms with Crippen LogP contribution in [-0.4, -0.2) is 63.8 Å². The van der Waals surface area contributed by atoms with Crippen LogP contribution < -0.4 is 10.6 Å². The summed E-state index contributed by atoms with van der Waals surface area (Å²) < 4.78 is 5.46. The lowest BCUT2D eigenvalue weighted by molar-refractivity contribution is -0.127. The smallest absolute Gasteiger partial charge is 0.237 e. The van der Waals surface area contributed by atoms with Crippen molar-refractivity contribution in [1.82, 2.24) is 15.5 Å². The molecule has 1 fully saturated rings. The molecule has 1 heterocycles. The van der Waals surface area contributed by atoms with E-state index in [1.165, 1.54) is 0 Å². The molecule has 1 unspecified atom stereocenters. The molecule has 0 bridgehead atoms. The van der Waals surface area contributed by atoms with Crippen LogP contribution in [0.4, 0.5) is 0 Å². The lowest BCUT2D eigenvalue weighted by atomic mass is 9.77. The Bertz CT molecular complexity index is 280. The molecule has 1 atom stereocenters. The van der Waals surface area contributed by atoms with Gasteiger partial charge in [0, 0.05) is 13.1 Å². The average molecular weight is 271 g/mol. The predicted molar refractivity (Wildman–Crippen MR) is 77.2 cm³/mol. The second-order valence-electron chi connectivity index (χ2n) is 6.19. The summed E-state index contributed by atoms with van der Waals surface area (Å²) in [4.78, 5) is 14.2. The third kappa shape index (κ3) is 5.89. The highest BCUT2D eigenvalue weighted by Gasteiger charge is 2.36. The van der Waals surface area contributed by atoms with Crippen LogP contribution in [0, 0.1) is 5.41 Å². The predicted octanol–water partition coefficient (Wildman–Crippen LogP) is 0.459. The van der Waals surface area contributed by atoms with Crippen molar-refractivity contribution in [3.8, 4) is 0 Å². The maximum atomic E-state index is 12.1. The van der Waals surface area contributed by atoms with Crippen molar-refractivity contribution in [1.29, 1.82) is 0 Å². The molecule has 0 spiro atoms. The molecule has 0 aromatic carbocycles. The van der Waals surface area contributed by atoms with E-state index in [-0.39, 0.29) is 17.4 Å². The van der Waals surface area contributed by atoms with E-state index >= 15 is 0 Å². The van der Waals surface area contributed by atoms with Gasteiger partial charge >= 0.3 is 0 Å². The number of amides is 1. The summed E-state index contributed by atoms with van der Waals surface area (Å²) in [5, 5.41) is 6.27. The first kappa shape index (κ1) is 16.4. The number of carbonyl (C=O) groups excluding carboxylic acids is 1. The minimum Gasteiger partial charge on any atom is -0.378 e. The molecule has 1 amide bonds. The Morgan fingerprint density at radius 3 is 2.79 bits per heavy atom. The van der Waals surface area contributed by atoms with Gasteiger partial charge in [0.15, 0.2) is 0 Å². The molecule has 0 saturated carbocycles. The summed E-state index contributed by atoms with van der Waals surface area (Å²) >= 11 is 0. The fraction of sp³-hybridized carbons (Fsp3) is 0.929. The zero-order valence-corrected chi connectivity index (χ0v) is 12.8. The van der Waals surface area contributed by atoms with E-state index < -0.39 is 0 Å². The summed E-state index contributed by atoms with van der Waals surface area (Å²) in [6, 6.07) is -0.0805. The second-order valence-corrected chi connectivity index (χ2v) is 6.19. The molecular weight excluding hydrogens is 242 g/mol. The van der Waals surface area contributed by atoms with Gasteiger partial charge in [0.1, 0.15) is 0 Å². The molecule has 0 aromatic heterocycles. The molecule has 112 valence electrons. The number of hydrogen-bond donors (Lipinski definition) is 2. The van der Waals surface area contributed by atoms with Gasteiger partial charge in [0.05, 0.1) is 19.3 Å². The van der Waals surface area contributed by atoms with Crippen LogP contribution in [0.2, 0.25) is 0 Å². The number of hydrogen-bond acceptors (Lipinski definition) is 4. The van der Waals surface area contributed by atoms with Crippen molar-refractivity contribution in [3.63, 3.8) is 0 Å². The highest BCUT2D eigenvalue weighted by molar-refractivity contribution is 5.82. The SMILES string of the molecule is CN(C)CCOCCNC(=O)C1NCCCC1(C)C. The van der Waals surface area contributed by atoms with Crippen LogP contribution >= 0.6 is 0 Å². The van der Waals surface area contributed by atoms with E-state index in [0.717, 1.165) is 25.9 Å². The average Bonchev–Trinajstić information content (AvgIpc) is 2.32. The van der Waals surface area contributed by atoms with Crippen molar-refractivity contribution >= 4 is 5.91 Å². The van der Waals surface area contributed by atoms with Gasteiger partial charge in [-0.2, -0.15) is 0 Å². The Hall–Kier alpha value is -0.650. The van der Waals surface area contributed by atoms with Gasteiger partial charge in [0.2, 0.25) is 5.91 Å². The lowest BCUT2D eigenvalue weighted by Gasteiger charge is -2.38. The Labute approximate surface area is 117 Å². The van der Waals surface area contributed by atoms with Crippen LogP contribution in [0.3, 0.4) is 0 Å². The zero-order valence-electron chi connectivity index (χ0n) is 12.8. The molecule has 0 aliphatic carbocycles. The summed E-state index contributed by atoms with van der Waals surface area (Å²) in [6.45, 7) is 8.00. The van der Waals surface area contributed by atoms with Crippen molar-refractivity contribution < 1.29 is 9.53 Å². The quantitative estimate of drug-likeness (QED) is 0.661. The topological polar surface area (TPSA) is 53.6 Å². The molecule has 5 nitrogen and oxygen atoms in total. The van der Waals surface area contributed by atoms with Crippen LogP contribution in [0.1, 0.15) is 26.7 Å². The van der Waals surface area contributed by atoms with Crippen molar-refractivity contribution in [3.05, 3.63) is 0 Å². The molecule has 1 rings (SSSR count). The number of piperidine rings is 1. The molecule has 0 radical (unpaired) electrons. The number of ether oxygens (including phenoxy) is 1. The van der Waals surface area contributed by atoms with Crippen molar-refractivity contribution in [2.75, 3.05) is 46.9 Å². The normalized spacial score (nSPS) is 22.5. The Balaban J connectivity index is 2.16. The van der Waals surface area contributed by atoms with E-state index in [4.69, 9.17) is 4.74 Å². The number of rotatable bonds is 7. The van der Waals surface area contributed by atoms with Gasteiger partial charge in [-0.3, -0.25) is 4.79 Å². The number of likely N-dealkylation sites (N-methyl/N-ethyl adjacent to an activating group) is 1. The largest absolute Gasteiger partial charge is 0.378 e. The minimum atomic E-state index is -0.0805. The van der Waals surface area contributed by atoms with Gasteiger partial charge in [-0.05, 0) is 38.9 Å². The van der Waals surface area contributed by atoms with E-state index in [9.17, 15) is 4.79 Å². The van der Waals surface area contributed by atoms with Crippen LogP contribution in [0.5, 0.6) is 0 Å². The lowest BCUT2D eigenvalue weighted by Crippen LogP contribution is -2.55. The van der Waals surface area contributed by atoms with E-state index in [2.05, 4.69) is 29.4 Å². The first-order chi connectivity index (χ1) is 8.93. The molecular formula is C14H29N3O2.